The molecule has 1 fully saturated rings. The fraction of sp³-hybridized carbons (Fsp3) is 0.308. The third kappa shape index (κ3) is 2.33. The number of benzene rings is 1. The van der Waals surface area contributed by atoms with E-state index in [2.05, 4.69) is 5.32 Å². The monoisotopic (exact) mass is 299 g/mol. The molecule has 3 rings (SSSR count). The van der Waals surface area contributed by atoms with Crippen LogP contribution in [-0.2, 0) is 0 Å². The van der Waals surface area contributed by atoms with Gasteiger partial charge in [-0.3, -0.25) is 4.79 Å². The summed E-state index contributed by atoms with van der Waals surface area (Å²) in [5.74, 6) is -0.608. The van der Waals surface area contributed by atoms with Crippen LogP contribution in [0.4, 0.5) is 4.39 Å². The maximum atomic E-state index is 13.1. The molecule has 100 valence electrons. The normalized spacial score (nSPS) is 22.3. The molecule has 1 saturated carbocycles. The van der Waals surface area contributed by atoms with E-state index in [4.69, 9.17) is 11.6 Å². The molecule has 1 aliphatic carbocycles. The third-order valence-corrected chi connectivity index (χ3v) is 4.90. The lowest BCUT2D eigenvalue weighted by Crippen LogP contribution is -2.46. The highest BCUT2D eigenvalue weighted by molar-refractivity contribution is 7.21. The Morgan fingerprint density at radius 3 is 2.89 bits per heavy atom. The number of halogens is 2. The van der Waals surface area contributed by atoms with Gasteiger partial charge < -0.3 is 10.4 Å². The van der Waals surface area contributed by atoms with Crippen LogP contribution >= 0.6 is 22.9 Å². The van der Waals surface area contributed by atoms with Crippen molar-refractivity contribution < 1.29 is 14.3 Å². The summed E-state index contributed by atoms with van der Waals surface area (Å²) < 4.78 is 13.8. The Hall–Kier alpha value is -1.17. The zero-order chi connectivity index (χ0) is 13.6. The van der Waals surface area contributed by atoms with Crippen LogP contribution in [0.3, 0.4) is 0 Å². The van der Waals surface area contributed by atoms with Crippen molar-refractivity contribution in [3.63, 3.8) is 0 Å². The molecule has 0 bridgehead atoms. The first-order valence-corrected chi connectivity index (χ1v) is 7.10. The minimum atomic E-state index is -0.348. The van der Waals surface area contributed by atoms with Crippen molar-refractivity contribution in [1.29, 1.82) is 0 Å². The molecular weight excluding hydrogens is 289 g/mol. The number of carbonyl (C=O) groups is 1. The summed E-state index contributed by atoms with van der Waals surface area (Å²) in [4.78, 5) is 12.5. The smallest absolute Gasteiger partial charge is 0.263 e. The fourth-order valence-corrected chi connectivity index (χ4v) is 3.59. The number of rotatable bonds is 2. The number of hydrogen-bond donors (Lipinski definition) is 2. The molecule has 0 radical (unpaired) electrons. The maximum Gasteiger partial charge on any atom is 0.263 e. The number of aliphatic hydroxyl groups is 1. The molecule has 0 aliphatic heterocycles. The van der Waals surface area contributed by atoms with Crippen molar-refractivity contribution in [2.24, 2.45) is 0 Å². The predicted octanol–water partition coefficient (Wildman–Crippen LogP) is 2.95. The molecule has 0 atom stereocenters. The van der Waals surface area contributed by atoms with Gasteiger partial charge in [0.05, 0.1) is 11.1 Å². The first-order valence-electron chi connectivity index (χ1n) is 5.91. The largest absolute Gasteiger partial charge is 0.393 e. The van der Waals surface area contributed by atoms with Crippen LogP contribution in [0, 0.1) is 5.82 Å². The van der Waals surface area contributed by atoms with E-state index in [1.54, 1.807) is 6.07 Å². The van der Waals surface area contributed by atoms with E-state index in [9.17, 15) is 14.3 Å². The number of carbonyl (C=O) groups excluding carboxylic acids is 1. The molecule has 2 aromatic rings. The van der Waals surface area contributed by atoms with Gasteiger partial charge in [0.15, 0.2) is 0 Å². The van der Waals surface area contributed by atoms with E-state index >= 15 is 0 Å². The molecule has 1 amide bonds. The number of amides is 1. The molecule has 6 heteroatoms. The van der Waals surface area contributed by atoms with Crippen LogP contribution in [0.1, 0.15) is 22.5 Å². The van der Waals surface area contributed by atoms with Crippen molar-refractivity contribution >= 4 is 38.9 Å². The Labute approximate surface area is 118 Å². The second-order valence-corrected chi connectivity index (χ2v) is 6.11. The molecule has 2 N–H and O–H groups in total. The minimum Gasteiger partial charge on any atom is -0.393 e. The van der Waals surface area contributed by atoms with Crippen molar-refractivity contribution in [3.8, 4) is 0 Å². The van der Waals surface area contributed by atoms with Gasteiger partial charge >= 0.3 is 0 Å². The third-order valence-electron chi connectivity index (χ3n) is 3.25. The topological polar surface area (TPSA) is 49.3 Å². The van der Waals surface area contributed by atoms with Crippen LogP contribution in [0.2, 0.25) is 5.02 Å². The van der Waals surface area contributed by atoms with Gasteiger partial charge in [-0.25, -0.2) is 4.39 Å². The number of thiophene rings is 1. The summed E-state index contributed by atoms with van der Waals surface area (Å²) in [6.45, 7) is 0. The Morgan fingerprint density at radius 1 is 1.47 bits per heavy atom. The number of fused-ring (bicyclic) bond motifs is 1. The van der Waals surface area contributed by atoms with Crippen LogP contribution in [-0.4, -0.2) is 23.2 Å². The number of nitrogens with one attached hydrogen (secondary N) is 1. The summed E-state index contributed by atoms with van der Waals surface area (Å²) in [7, 11) is 0. The Morgan fingerprint density at radius 2 is 2.21 bits per heavy atom. The van der Waals surface area contributed by atoms with Crippen LogP contribution < -0.4 is 5.32 Å². The lowest BCUT2D eigenvalue weighted by atomic mass is 9.89. The highest BCUT2D eigenvalue weighted by Crippen LogP contribution is 2.36. The molecule has 1 aliphatic rings. The molecular formula is C13H11ClFNO2S. The fourth-order valence-electron chi connectivity index (χ4n) is 2.14. The van der Waals surface area contributed by atoms with Crippen molar-refractivity contribution in [2.45, 2.75) is 25.0 Å². The molecule has 1 aromatic heterocycles. The van der Waals surface area contributed by atoms with Crippen LogP contribution in [0.5, 0.6) is 0 Å². The zero-order valence-corrected chi connectivity index (χ0v) is 11.4. The van der Waals surface area contributed by atoms with Crippen molar-refractivity contribution in [1.82, 2.24) is 5.32 Å². The quantitative estimate of drug-likeness (QED) is 0.896. The summed E-state index contributed by atoms with van der Waals surface area (Å²) in [6, 6.07) is 4.27. The predicted molar refractivity (Wildman–Crippen MR) is 73.3 cm³/mol. The first-order chi connectivity index (χ1) is 9.04. The first kappa shape index (κ1) is 12.8. The lowest BCUT2D eigenvalue weighted by molar-refractivity contribution is 0.0564. The summed E-state index contributed by atoms with van der Waals surface area (Å²) in [6.07, 6.45) is 0.823. The Bertz CT molecular complexity index is 651. The van der Waals surface area contributed by atoms with Gasteiger partial charge in [-0.05, 0) is 31.0 Å². The van der Waals surface area contributed by atoms with E-state index in [1.165, 1.54) is 23.5 Å². The lowest BCUT2D eigenvalue weighted by Gasteiger charge is -2.31. The highest BCUT2D eigenvalue weighted by Gasteiger charge is 2.29. The van der Waals surface area contributed by atoms with E-state index in [0.717, 1.165) is 0 Å². The van der Waals surface area contributed by atoms with Crippen LogP contribution in [0.25, 0.3) is 10.1 Å². The number of hydrogen-bond acceptors (Lipinski definition) is 3. The second-order valence-electron chi connectivity index (χ2n) is 4.68. The molecule has 0 saturated heterocycles. The van der Waals surface area contributed by atoms with Gasteiger partial charge in [0.25, 0.3) is 5.91 Å². The average Bonchev–Trinajstić information content (AvgIpc) is 2.64. The van der Waals surface area contributed by atoms with Gasteiger partial charge in [-0.2, -0.15) is 0 Å². The van der Waals surface area contributed by atoms with Gasteiger partial charge in [0.1, 0.15) is 10.7 Å². The van der Waals surface area contributed by atoms with Crippen LogP contribution in [0.15, 0.2) is 18.2 Å². The molecule has 3 nitrogen and oxygen atoms in total. The highest BCUT2D eigenvalue weighted by atomic mass is 35.5. The average molecular weight is 300 g/mol. The van der Waals surface area contributed by atoms with E-state index in [0.29, 0.717) is 32.8 Å². The van der Waals surface area contributed by atoms with Gasteiger partial charge in [0, 0.05) is 16.1 Å². The maximum absolute atomic E-state index is 13.1. The number of aliphatic hydroxyl groups excluding tert-OH is 1. The summed E-state index contributed by atoms with van der Waals surface area (Å²) in [5.41, 5.74) is 0. The standard InChI is InChI=1S/C13H11ClFNO2S/c14-11-9-2-1-6(15)3-10(9)19-12(11)13(18)16-7-4-8(17)5-7/h1-3,7-8,17H,4-5H2,(H,16,18). The second kappa shape index (κ2) is 4.74. The molecule has 19 heavy (non-hydrogen) atoms. The zero-order valence-electron chi connectivity index (χ0n) is 9.82. The van der Waals surface area contributed by atoms with Gasteiger partial charge in [0.2, 0.25) is 0 Å². The SMILES string of the molecule is O=C(NC1CC(O)C1)c1sc2cc(F)ccc2c1Cl. The molecule has 1 heterocycles. The van der Waals surface area contributed by atoms with Gasteiger partial charge in [-0.15, -0.1) is 11.3 Å². The Kier molecular flexibility index (Phi) is 3.20. The molecule has 0 spiro atoms. The Balaban J connectivity index is 1.87. The van der Waals surface area contributed by atoms with E-state index < -0.39 is 0 Å². The van der Waals surface area contributed by atoms with E-state index in [-0.39, 0.29) is 23.9 Å². The molecule has 0 unspecified atom stereocenters. The van der Waals surface area contributed by atoms with Crippen molar-refractivity contribution in [3.05, 3.63) is 33.9 Å². The summed E-state index contributed by atoms with van der Waals surface area (Å²) >= 11 is 7.33. The molecule has 1 aromatic carbocycles. The van der Waals surface area contributed by atoms with Crippen molar-refractivity contribution in [2.75, 3.05) is 0 Å². The van der Waals surface area contributed by atoms with Gasteiger partial charge in [-0.1, -0.05) is 11.6 Å². The van der Waals surface area contributed by atoms with E-state index in [1.807, 2.05) is 0 Å². The summed E-state index contributed by atoms with van der Waals surface area (Å²) in [5, 5.41) is 13.0. The minimum absolute atomic E-state index is 0.000477.